The van der Waals surface area contributed by atoms with Gasteiger partial charge in [-0.3, -0.25) is 14.4 Å². The van der Waals surface area contributed by atoms with Crippen LogP contribution in [0.3, 0.4) is 0 Å². The van der Waals surface area contributed by atoms with Gasteiger partial charge in [0.1, 0.15) is 5.82 Å². The summed E-state index contributed by atoms with van der Waals surface area (Å²) in [7, 11) is 0. The minimum absolute atomic E-state index is 0.123. The van der Waals surface area contributed by atoms with E-state index in [4.69, 9.17) is 11.6 Å². The topological polar surface area (TPSA) is 104 Å². The summed E-state index contributed by atoms with van der Waals surface area (Å²) < 4.78 is 0. The van der Waals surface area contributed by atoms with Gasteiger partial charge < -0.3 is 15.6 Å². The Kier molecular flexibility index (Phi) is 6.11. The van der Waals surface area contributed by atoms with Crippen molar-refractivity contribution >= 4 is 46.7 Å². The monoisotopic (exact) mass is 454 g/mol. The number of benzene rings is 2. The maximum Gasteiger partial charge on any atom is 0.257 e. The van der Waals surface area contributed by atoms with E-state index in [9.17, 15) is 14.4 Å². The molecule has 3 N–H and O–H groups in total. The van der Waals surface area contributed by atoms with Crippen molar-refractivity contribution < 1.29 is 9.59 Å². The van der Waals surface area contributed by atoms with Crippen molar-refractivity contribution in [1.29, 1.82) is 0 Å². The van der Waals surface area contributed by atoms with Gasteiger partial charge in [0.05, 0.1) is 11.5 Å². The minimum Gasteiger partial charge on any atom is -0.325 e. The van der Waals surface area contributed by atoms with Crippen molar-refractivity contribution in [3.05, 3.63) is 80.6 Å². The van der Waals surface area contributed by atoms with Gasteiger partial charge in [0, 0.05) is 22.9 Å². The number of nitrogens with one attached hydrogen (secondary N) is 3. The molecule has 2 aromatic carbocycles. The van der Waals surface area contributed by atoms with E-state index in [0.29, 0.717) is 21.6 Å². The maximum absolute atomic E-state index is 12.8. The van der Waals surface area contributed by atoms with Crippen LogP contribution in [0.15, 0.2) is 58.5 Å². The summed E-state index contributed by atoms with van der Waals surface area (Å²) in [4.78, 5) is 45.0. The molecule has 0 spiro atoms. The van der Waals surface area contributed by atoms with Crippen molar-refractivity contribution in [2.75, 3.05) is 10.6 Å². The van der Waals surface area contributed by atoms with Gasteiger partial charge in [0.15, 0.2) is 5.16 Å². The number of anilines is 2. The number of hydrogen-bond donors (Lipinski definition) is 3. The number of aryl methyl sites for hydroxylation is 1. The molecule has 9 heteroatoms. The second-order valence-electron chi connectivity index (χ2n) is 7.21. The highest BCUT2D eigenvalue weighted by Gasteiger charge is 2.34. The van der Waals surface area contributed by atoms with E-state index >= 15 is 0 Å². The van der Waals surface area contributed by atoms with Crippen LogP contribution in [0.5, 0.6) is 0 Å². The molecule has 1 aromatic heterocycles. The molecular weight excluding hydrogens is 436 g/mol. The van der Waals surface area contributed by atoms with E-state index in [1.165, 1.54) is 17.3 Å². The van der Waals surface area contributed by atoms with Crippen LogP contribution in [0.2, 0.25) is 5.02 Å². The highest BCUT2D eigenvalue weighted by atomic mass is 35.5. The Bertz CT molecular complexity index is 1210. The number of carbonyl (C=O) groups excluding carboxylic acids is 2. The smallest absolute Gasteiger partial charge is 0.257 e. The van der Waals surface area contributed by atoms with Gasteiger partial charge in [-0.05, 0) is 30.7 Å². The predicted molar refractivity (Wildman–Crippen MR) is 122 cm³/mol. The van der Waals surface area contributed by atoms with Gasteiger partial charge in [0.2, 0.25) is 11.8 Å². The summed E-state index contributed by atoms with van der Waals surface area (Å²) in [5, 5.41) is 6.18. The Morgan fingerprint density at radius 2 is 2.00 bits per heavy atom. The Labute approximate surface area is 187 Å². The zero-order valence-electron chi connectivity index (χ0n) is 16.6. The molecule has 3 aromatic rings. The number of H-pyrrole nitrogens is 1. The van der Waals surface area contributed by atoms with Gasteiger partial charge in [0.25, 0.3) is 5.56 Å². The second kappa shape index (κ2) is 8.95. The first-order valence-electron chi connectivity index (χ1n) is 9.58. The van der Waals surface area contributed by atoms with E-state index in [2.05, 4.69) is 20.6 Å². The standard InChI is InChI=1S/C22H19ClN4O3S/c1-12-5-7-13(8-6-12)11-31-22-26-19-18(21(30)27-22)16(10-17(28)25-19)20(29)24-15-4-2-3-14(23)9-15/h2-9,16H,10-11H2,1H3,(H,24,29)(H2,25,26,27,28,30)/t16-/m0/s1. The molecule has 0 aliphatic carbocycles. The quantitative estimate of drug-likeness (QED) is 0.398. The molecule has 0 radical (unpaired) electrons. The summed E-state index contributed by atoms with van der Waals surface area (Å²) in [6.07, 6.45) is -0.139. The van der Waals surface area contributed by atoms with Crippen molar-refractivity contribution in [2.45, 2.75) is 30.2 Å². The average molecular weight is 455 g/mol. The normalized spacial score (nSPS) is 15.2. The lowest BCUT2D eigenvalue weighted by Crippen LogP contribution is -2.36. The van der Waals surface area contributed by atoms with Crippen LogP contribution in [0, 0.1) is 6.92 Å². The van der Waals surface area contributed by atoms with Crippen LogP contribution in [0.1, 0.15) is 29.0 Å². The van der Waals surface area contributed by atoms with Crippen LogP contribution in [-0.4, -0.2) is 21.8 Å². The zero-order valence-corrected chi connectivity index (χ0v) is 18.1. The lowest BCUT2D eigenvalue weighted by molar-refractivity contribution is -0.123. The molecule has 0 saturated heterocycles. The van der Waals surface area contributed by atoms with E-state index < -0.39 is 17.4 Å². The van der Waals surface area contributed by atoms with E-state index in [1.54, 1.807) is 24.3 Å². The summed E-state index contributed by atoms with van der Waals surface area (Å²) in [5.74, 6) is -1.06. The Morgan fingerprint density at radius 3 is 2.74 bits per heavy atom. The zero-order chi connectivity index (χ0) is 22.0. The molecule has 0 fully saturated rings. The number of aromatic nitrogens is 2. The molecule has 158 valence electrons. The molecule has 4 rings (SSSR count). The summed E-state index contributed by atoms with van der Waals surface area (Å²) in [6.45, 7) is 2.01. The molecule has 1 atom stereocenters. The third kappa shape index (κ3) is 4.98. The lowest BCUT2D eigenvalue weighted by Gasteiger charge is -2.23. The summed E-state index contributed by atoms with van der Waals surface area (Å²) in [6, 6.07) is 14.7. The van der Waals surface area contributed by atoms with Crippen LogP contribution in [-0.2, 0) is 15.3 Å². The summed E-state index contributed by atoms with van der Waals surface area (Å²) in [5.41, 5.74) is 2.44. The highest BCUT2D eigenvalue weighted by molar-refractivity contribution is 7.98. The predicted octanol–water partition coefficient (Wildman–Crippen LogP) is 4.09. The second-order valence-corrected chi connectivity index (χ2v) is 8.61. The fourth-order valence-corrected chi connectivity index (χ4v) is 4.28. The van der Waals surface area contributed by atoms with Gasteiger partial charge in [-0.25, -0.2) is 4.98 Å². The highest BCUT2D eigenvalue weighted by Crippen LogP contribution is 2.31. The van der Waals surface area contributed by atoms with Crippen LogP contribution in [0.4, 0.5) is 11.5 Å². The Morgan fingerprint density at radius 1 is 1.23 bits per heavy atom. The van der Waals surface area contributed by atoms with E-state index in [1.807, 2.05) is 31.2 Å². The van der Waals surface area contributed by atoms with E-state index in [-0.39, 0.29) is 23.7 Å². The Balaban J connectivity index is 1.57. The van der Waals surface area contributed by atoms with Crippen molar-refractivity contribution in [3.63, 3.8) is 0 Å². The number of carbonyl (C=O) groups is 2. The molecule has 7 nitrogen and oxygen atoms in total. The summed E-state index contributed by atoms with van der Waals surface area (Å²) >= 11 is 7.31. The lowest BCUT2D eigenvalue weighted by atomic mass is 9.92. The number of hydrogen-bond acceptors (Lipinski definition) is 5. The molecule has 1 aliphatic rings. The molecule has 2 amide bonds. The van der Waals surface area contributed by atoms with Crippen molar-refractivity contribution in [2.24, 2.45) is 0 Å². The Hall–Kier alpha value is -3.10. The number of halogens is 1. The number of thioether (sulfide) groups is 1. The molecular formula is C22H19ClN4O3S. The van der Waals surface area contributed by atoms with Crippen molar-refractivity contribution in [3.8, 4) is 0 Å². The van der Waals surface area contributed by atoms with Crippen LogP contribution < -0.4 is 16.2 Å². The number of nitrogens with zero attached hydrogens (tertiary/aromatic N) is 1. The van der Waals surface area contributed by atoms with Crippen LogP contribution >= 0.6 is 23.4 Å². The number of amides is 2. The fraction of sp³-hybridized carbons (Fsp3) is 0.182. The van der Waals surface area contributed by atoms with Gasteiger partial charge in [-0.15, -0.1) is 0 Å². The van der Waals surface area contributed by atoms with E-state index in [0.717, 1.165) is 5.56 Å². The van der Waals surface area contributed by atoms with Crippen LogP contribution in [0.25, 0.3) is 0 Å². The third-order valence-electron chi connectivity index (χ3n) is 4.83. The average Bonchev–Trinajstić information content (AvgIpc) is 2.72. The molecule has 0 bridgehead atoms. The SMILES string of the molecule is Cc1ccc(CSc2nc3c(c(=O)[nH]2)[C@@H](C(=O)Nc2cccc(Cl)c2)CC(=O)N3)cc1. The maximum atomic E-state index is 12.8. The first-order chi connectivity index (χ1) is 14.9. The largest absolute Gasteiger partial charge is 0.325 e. The first kappa shape index (κ1) is 21.1. The minimum atomic E-state index is -0.949. The molecule has 0 unspecified atom stereocenters. The number of aromatic amines is 1. The molecule has 0 saturated carbocycles. The van der Waals surface area contributed by atoms with Gasteiger partial charge >= 0.3 is 0 Å². The molecule has 1 aliphatic heterocycles. The number of rotatable bonds is 5. The number of fused-ring (bicyclic) bond motifs is 1. The third-order valence-corrected chi connectivity index (χ3v) is 6.01. The van der Waals surface area contributed by atoms with Crippen molar-refractivity contribution in [1.82, 2.24) is 9.97 Å². The molecule has 2 heterocycles. The molecule has 31 heavy (non-hydrogen) atoms. The fourth-order valence-electron chi connectivity index (χ4n) is 3.27. The van der Waals surface area contributed by atoms with Gasteiger partial charge in [-0.2, -0.15) is 0 Å². The van der Waals surface area contributed by atoms with Gasteiger partial charge in [-0.1, -0.05) is 59.3 Å². The first-order valence-corrected chi connectivity index (χ1v) is 10.9.